The number of hydrogen-bond acceptors (Lipinski definition) is 2. The molecule has 0 spiro atoms. The largest absolute Gasteiger partial charge is 0.370 e. The maximum absolute atomic E-state index is 3.46. The molecule has 2 aliphatic heterocycles. The second kappa shape index (κ2) is 4.58. The predicted molar refractivity (Wildman–Crippen MR) is 77.3 cm³/mol. The Morgan fingerprint density at radius 3 is 2.72 bits per heavy atom. The normalized spacial score (nSPS) is 23.1. The van der Waals surface area contributed by atoms with E-state index in [4.69, 9.17) is 0 Å². The summed E-state index contributed by atoms with van der Waals surface area (Å²) in [5.41, 5.74) is 3.31. The Morgan fingerprint density at radius 1 is 1.22 bits per heavy atom. The van der Waals surface area contributed by atoms with Crippen molar-refractivity contribution in [3.05, 3.63) is 29.8 Å². The van der Waals surface area contributed by atoms with Crippen molar-refractivity contribution in [2.75, 3.05) is 31.1 Å². The summed E-state index contributed by atoms with van der Waals surface area (Å²) in [5.74, 6) is 0.869. The molecule has 18 heavy (non-hydrogen) atoms. The molecule has 2 aliphatic rings. The van der Waals surface area contributed by atoms with E-state index in [1.165, 1.54) is 50.3 Å². The van der Waals surface area contributed by atoms with Gasteiger partial charge in [-0.3, -0.25) is 0 Å². The number of piperidine rings is 1. The number of fused-ring (bicyclic) bond motifs is 1. The summed E-state index contributed by atoms with van der Waals surface area (Å²) < 4.78 is 0. The zero-order chi connectivity index (χ0) is 12.6. The molecule has 2 nitrogen and oxygen atoms in total. The number of para-hydroxylation sites is 1. The van der Waals surface area contributed by atoms with E-state index in [1.54, 1.807) is 0 Å². The number of nitrogens with one attached hydrogen (secondary N) is 1. The fraction of sp³-hybridized carbons (Fsp3) is 0.625. The fourth-order valence-electron chi connectivity index (χ4n) is 3.51. The van der Waals surface area contributed by atoms with Gasteiger partial charge >= 0.3 is 0 Å². The third-order valence-corrected chi connectivity index (χ3v) is 4.50. The van der Waals surface area contributed by atoms with E-state index in [-0.39, 0.29) is 0 Å². The van der Waals surface area contributed by atoms with Gasteiger partial charge in [0.25, 0.3) is 0 Å². The molecule has 1 aromatic rings. The van der Waals surface area contributed by atoms with Gasteiger partial charge in [-0.25, -0.2) is 0 Å². The number of anilines is 1. The van der Waals surface area contributed by atoms with Crippen LogP contribution in [0.25, 0.3) is 0 Å². The Labute approximate surface area is 110 Å². The Bertz CT molecular complexity index is 419. The lowest BCUT2D eigenvalue weighted by molar-refractivity contribution is 0.370. The van der Waals surface area contributed by atoms with Gasteiger partial charge in [0.05, 0.1) is 0 Å². The van der Waals surface area contributed by atoms with Gasteiger partial charge in [-0.05, 0) is 43.5 Å². The van der Waals surface area contributed by atoms with E-state index in [0.717, 1.165) is 5.92 Å². The summed E-state index contributed by atoms with van der Waals surface area (Å²) in [5, 5.41) is 3.46. The maximum atomic E-state index is 3.46. The van der Waals surface area contributed by atoms with Crippen molar-refractivity contribution in [2.24, 2.45) is 5.92 Å². The Balaban J connectivity index is 1.78. The molecule has 2 heterocycles. The van der Waals surface area contributed by atoms with E-state index >= 15 is 0 Å². The topological polar surface area (TPSA) is 15.3 Å². The Kier molecular flexibility index (Phi) is 3.06. The third-order valence-electron chi connectivity index (χ3n) is 4.50. The molecule has 0 saturated carbocycles. The Hall–Kier alpha value is -1.02. The van der Waals surface area contributed by atoms with Crippen molar-refractivity contribution < 1.29 is 0 Å². The summed E-state index contributed by atoms with van der Waals surface area (Å²) in [6, 6.07) is 8.95. The smallest absolute Gasteiger partial charge is 0.0405 e. The first kappa shape index (κ1) is 12.0. The SMILES string of the molecule is CC1(C)CN(CC2CCNCC2)c2ccccc21. The van der Waals surface area contributed by atoms with E-state index in [9.17, 15) is 0 Å². The maximum Gasteiger partial charge on any atom is 0.0405 e. The predicted octanol–water partition coefficient (Wildman–Crippen LogP) is 2.78. The van der Waals surface area contributed by atoms with Gasteiger partial charge in [-0.1, -0.05) is 32.0 Å². The molecular formula is C16H24N2. The van der Waals surface area contributed by atoms with Crippen LogP contribution in [0.1, 0.15) is 32.3 Å². The zero-order valence-electron chi connectivity index (χ0n) is 11.6. The van der Waals surface area contributed by atoms with Crippen LogP contribution in [0.2, 0.25) is 0 Å². The van der Waals surface area contributed by atoms with Gasteiger partial charge in [0.1, 0.15) is 0 Å². The molecule has 3 rings (SSSR count). The van der Waals surface area contributed by atoms with Crippen LogP contribution in [0.3, 0.4) is 0 Å². The van der Waals surface area contributed by atoms with Gasteiger partial charge in [0.2, 0.25) is 0 Å². The highest BCUT2D eigenvalue weighted by Crippen LogP contribution is 2.40. The van der Waals surface area contributed by atoms with Gasteiger partial charge in [-0.2, -0.15) is 0 Å². The molecule has 0 aromatic heterocycles. The van der Waals surface area contributed by atoms with Crippen LogP contribution in [-0.4, -0.2) is 26.2 Å². The minimum atomic E-state index is 0.309. The molecule has 1 saturated heterocycles. The van der Waals surface area contributed by atoms with Gasteiger partial charge in [0.15, 0.2) is 0 Å². The number of hydrogen-bond donors (Lipinski definition) is 1. The second-order valence-corrected chi connectivity index (χ2v) is 6.47. The third kappa shape index (κ3) is 2.14. The van der Waals surface area contributed by atoms with Crippen molar-refractivity contribution >= 4 is 5.69 Å². The van der Waals surface area contributed by atoms with Crippen molar-refractivity contribution in [3.63, 3.8) is 0 Å². The fourth-order valence-corrected chi connectivity index (χ4v) is 3.51. The highest BCUT2D eigenvalue weighted by atomic mass is 15.2. The van der Waals surface area contributed by atoms with Crippen LogP contribution in [0, 0.1) is 5.92 Å². The summed E-state index contributed by atoms with van der Waals surface area (Å²) in [6.45, 7) is 9.55. The molecular weight excluding hydrogens is 220 g/mol. The summed E-state index contributed by atoms with van der Waals surface area (Å²) >= 11 is 0. The zero-order valence-corrected chi connectivity index (χ0v) is 11.6. The molecule has 0 radical (unpaired) electrons. The molecule has 0 aliphatic carbocycles. The summed E-state index contributed by atoms with van der Waals surface area (Å²) in [6.07, 6.45) is 2.66. The van der Waals surface area contributed by atoms with E-state index in [2.05, 4.69) is 48.3 Å². The molecule has 0 bridgehead atoms. The van der Waals surface area contributed by atoms with Crippen LogP contribution in [0.4, 0.5) is 5.69 Å². The molecule has 0 unspecified atom stereocenters. The first-order valence-corrected chi connectivity index (χ1v) is 7.22. The van der Waals surface area contributed by atoms with Crippen LogP contribution in [0.15, 0.2) is 24.3 Å². The second-order valence-electron chi connectivity index (χ2n) is 6.47. The molecule has 1 N–H and O–H groups in total. The monoisotopic (exact) mass is 244 g/mol. The van der Waals surface area contributed by atoms with E-state index in [0.29, 0.717) is 5.41 Å². The molecule has 0 atom stereocenters. The average molecular weight is 244 g/mol. The highest BCUT2D eigenvalue weighted by molar-refractivity contribution is 5.62. The van der Waals surface area contributed by atoms with Crippen molar-refractivity contribution in [1.82, 2.24) is 5.32 Å². The number of benzene rings is 1. The average Bonchev–Trinajstić information content (AvgIpc) is 2.63. The van der Waals surface area contributed by atoms with Crippen molar-refractivity contribution in [3.8, 4) is 0 Å². The quantitative estimate of drug-likeness (QED) is 0.860. The molecule has 1 aromatic carbocycles. The number of nitrogens with zero attached hydrogens (tertiary/aromatic N) is 1. The molecule has 0 amide bonds. The summed E-state index contributed by atoms with van der Waals surface area (Å²) in [7, 11) is 0. The van der Waals surface area contributed by atoms with Crippen LogP contribution in [-0.2, 0) is 5.41 Å². The highest BCUT2D eigenvalue weighted by Gasteiger charge is 2.35. The standard InChI is InChI=1S/C16H24N2/c1-16(2)12-18(11-13-7-9-17-10-8-13)15-6-4-3-5-14(15)16/h3-6,13,17H,7-12H2,1-2H3. The lowest BCUT2D eigenvalue weighted by Gasteiger charge is -2.30. The van der Waals surface area contributed by atoms with Gasteiger partial charge in [0, 0.05) is 24.2 Å². The lowest BCUT2D eigenvalue weighted by Crippen LogP contribution is -2.37. The number of rotatable bonds is 2. The van der Waals surface area contributed by atoms with E-state index < -0.39 is 0 Å². The minimum absolute atomic E-state index is 0.309. The van der Waals surface area contributed by atoms with Gasteiger partial charge < -0.3 is 10.2 Å². The molecule has 2 heteroatoms. The Morgan fingerprint density at radius 2 is 1.94 bits per heavy atom. The van der Waals surface area contributed by atoms with Crippen LogP contribution >= 0.6 is 0 Å². The molecule has 1 fully saturated rings. The minimum Gasteiger partial charge on any atom is -0.370 e. The first-order valence-electron chi connectivity index (χ1n) is 7.22. The van der Waals surface area contributed by atoms with Crippen LogP contribution in [0.5, 0.6) is 0 Å². The van der Waals surface area contributed by atoms with Crippen molar-refractivity contribution in [2.45, 2.75) is 32.1 Å². The van der Waals surface area contributed by atoms with Gasteiger partial charge in [-0.15, -0.1) is 0 Å². The van der Waals surface area contributed by atoms with Crippen molar-refractivity contribution in [1.29, 1.82) is 0 Å². The van der Waals surface area contributed by atoms with E-state index in [1.807, 2.05) is 0 Å². The summed E-state index contributed by atoms with van der Waals surface area (Å²) in [4.78, 5) is 2.62. The molecule has 98 valence electrons. The lowest BCUT2D eigenvalue weighted by atomic mass is 9.87. The first-order chi connectivity index (χ1) is 8.67. The van der Waals surface area contributed by atoms with Crippen LogP contribution < -0.4 is 10.2 Å².